The molecule has 1 heterocycles. The van der Waals surface area contributed by atoms with Gasteiger partial charge in [0.2, 0.25) is 0 Å². The highest BCUT2D eigenvalue weighted by molar-refractivity contribution is 6.00. The Kier molecular flexibility index (Phi) is 4.99. The van der Waals surface area contributed by atoms with Gasteiger partial charge in [0.25, 0.3) is 0 Å². The molecule has 0 N–H and O–H groups in total. The monoisotopic (exact) mass is 321 g/mol. The predicted molar refractivity (Wildman–Crippen MR) is 97.7 cm³/mol. The number of aldehydes is 1. The van der Waals surface area contributed by atoms with Crippen LogP contribution in [0.25, 0.3) is 10.9 Å². The summed E-state index contributed by atoms with van der Waals surface area (Å²) >= 11 is 0. The fourth-order valence-corrected chi connectivity index (χ4v) is 3.07. The van der Waals surface area contributed by atoms with Gasteiger partial charge in [-0.1, -0.05) is 43.7 Å². The number of carbonyl (C=O) groups excluding carboxylic acids is 1. The summed E-state index contributed by atoms with van der Waals surface area (Å²) in [5.41, 5.74) is 4.04. The minimum Gasteiger partial charge on any atom is -0.489 e. The SMILES string of the molecule is CCCCn1c(C)c(C=O)c2cc(OCc3ccccc3)ccc21. The maximum Gasteiger partial charge on any atom is 0.152 e. The molecule has 2 aromatic carbocycles. The lowest BCUT2D eigenvalue weighted by atomic mass is 10.1. The highest BCUT2D eigenvalue weighted by Crippen LogP contribution is 2.29. The molecule has 0 aliphatic rings. The summed E-state index contributed by atoms with van der Waals surface area (Å²) in [6.07, 6.45) is 3.20. The van der Waals surface area contributed by atoms with Crippen LogP contribution in [-0.2, 0) is 13.2 Å². The molecule has 0 fully saturated rings. The van der Waals surface area contributed by atoms with Crippen LogP contribution in [0, 0.1) is 6.92 Å². The van der Waals surface area contributed by atoms with Crippen LogP contribution in [0.15, 0.2) is 48.5 Å². The van der Waals surface area contributed by atoms with Crippen molar-refractivity contribution in [1.82, 2.24) is 4.57 Å². The van der Waals surface area contributed by atoms with Crippen LogP contribution >= 0.6 is 0 Å². The van der Waals surface area contributed by atoms with Gasteiger partial charge in [-0.15, -0.1) is 0 Å². The van der Waals surface area contributed by atoms with E-state index in [9.17, 15) is 4.79 Å². The fourth-order valence-electron chi connectivity index (χ4n) is 3.07. The summed E-state index contributed by atoms with van der Waals surface area (Å²) < 4.78 is 8.14. The van der Waals surface area contributed by atoms with Crippen LogP contribution in [0.3, 0.4) is 0 Å². The summed E-state index contributed by atoms with van der Waals surface area (Å²) in [6, 6.07) is 16.1. The molecule has 24 heavy (non-hydrogen) atoms. The summed E-state index contributed by atoms with van der Waals surface area (Å²) in [7, 11) is 0. The predicted octanol–water partition coefficient (Wildman–Crippen LogP) is 5.14. The Balaban J connectivity index is 1.91. The molecule has 3 rings (SSSR count). The number of fused-ring (bicyclic) bond motifs is 1. The second-order valence-electron chi connectivity index (χ2n) is 6.08. The van der Waals surface area contributed by atoms with E-state index in [0.717, 1.165) is 59.1 Å². The Morgan fingerprint density at radius 3 is 2.62 bits per heavy atom. The van der Waals surface area contributed by atoms with E-state index in [1.54, 1.807) is 0 Å². The maximum atomic E-state index is 11.6. The molecular weight excluding hydrogens is 298 g/mol. The van der Waals surface area contributed by atoms with E-state index in [-0.39, 0.29) is 0 Å². The number of unbranched alkanes of at least 4 members (excludes halogenated alkanes) is 1. The van der Waals surface area contributed by atoms with Crippen molar-refractivity contribution in [2.75, 3.05) is 0 Å². The summed E-state index contributed by atoms with van der Waals surface area (Å²) in [5.74, 6) is 0.794. The van der Waals surface area contributed by atoms with Crippen LogP contribution in [-0.4, -0.2) is 10.9 Å². The summed E-state index contributed by atoms with van der Waals surface area (Å²) in [4.78, 5) is 11.6. The van der Waals surface area contributed by atoms with Crippen LogP contribution in [0.5, 0.6) is 5.75 Å². The Labute approximate surface area is 142 Å². The Bertz CT molecular complexity index is 834. The molecule has 0 unspecified atom stereocenters. The third kappa shape index (κ3) is 3.21. The van der Waals surface area contributed by atoms with Crippen molar-refractivity contribution in [1.29, 1.82) is 0 Å². The normalized spacial score (nSPS) is 10.9. The number of hydrogen-bond acceptors (Lipinski definition) is 2. The van der Waals surface area contributed by atoms with Crippen LogP contribution in [0.2, 0.25) is 0 Å². The van der Waals surface area contributed by atoms with E-state index in [2.05, 4.69) is 17.6 Å². The molecule has 0 bridgehead atoms. The Morgan fingerprint density at radius 2 is 1.92 bits per heavy atom. The molecule has 0 radical (unpaired) electrons. The van der Waals surface area contributed by atoms with Crippen molar-refractivity contribution in [2.45, 2.75) is 39.8 Å². The van der Waals surface area contributed by atoms with Crippen molar-refractivity contribution < 1.29 is 9.53 Å². The van der Waals surface area contributed by atoms with Crippen LogP contribution in [0.1, 0.15) is 41.4 Å². The lowest BCUT2D eigenvalue weighted by molar-refractivity contribution is 0.112. The fraction of sp³-hybridized carbons (Fsp3) is 0.286. The third-order valence-electron chi connectivity index (χ3n) is 4.45. The molecule has 0 aliphatic carbocycles. The van der Waals surface area contributed by atoms with E-state index in [1.807, 2.05) is 49.4 Å². The number of benzene rings is 2. The minimum atomic E-state index is 0.526. The topological polar surface area (TPSA) is 31.2 Å². The minimum absolute atomic E-state index is 0.526. The molecule has 124 valence electrons. The van der Waals surface area contributed by atoms with Crippen molar-refractivity contribution >= 4 is 17.2 Å². The number of ether oxygens (including phenoxy) is 1. The highest BCUT2D eigenvalue weighted by Gasteiger charge is 2.14. The molecular formula is C21H23NO2. The number of rotatable bonds is 7. The van der Waals surface area contributed by atoms with Crippen molar-refractivity contribution in [3.63, 3.8) is 0 Å². The molecule has 0 spiro atoms. The third-order valence-corrected chi connectivity index (χ3v) is 4.45. The van der Waals surface area contributed by atoms with E-state index < -0.39 is 0 Å². The van der Waals surface area contributed by atoms with Gasteiger partial charge in [0.1, 0.15) is 12.4 Å². The molecule has 1 aromatic heterocycles. The zero-order valence-corrected chi connectivity index (χ0v) is 14.3. The second-order valence-corrected chi connectivity index (χ2v) is 6.08. The van der Waals surface area contributed by atoms with Gasteiger partial charge >= 0.3 is 0 Å². The number of hydrogen-bond donors (Lipinski definition) is 0. The lowest BCUT2D eigenvalue weighted by Gasteiger charge is -2.09. The van der Waals surface area contributed by atoms with Crippen LogP contribution in [0.4, 0.5) is 0 Å². The van der Waals surface area contributed by atoms with Crippen molar-refractivity contribution in [2.24, 2.45) is 0 Å². The zero-order valence-electron chi connectivity index (χ0n) is 14.3. The molecule has 0 saturated heterocycles. The molecule has 0 amide bonds. The van der Waals surface area contributed by atoms with E-state index >= 15 is 0 Å². The van der Waals surface area contributed by atoms with E-state index in [1.165, 1.54) is 0 Å². The average Bonchev–Trinajstić information content (AvgIpc) is 2.89. The molecule has 0 saturated carbocycles. The summed E-state index contributed by atoms with van der Waals surface area (Å²) in [5, 5.41) is 0.976. The van der Waals surface area contributed by atoms with Crippen LogP contribution < -0.4 is 4.74 Å². The number of aryl methyl sites for hydroxylation is 1. The summed E-state index contributed by atoms with van der Waals surface area (Å²) in [6.45, 7) is 5.66. The molecule has 3 heteroatoms. The smallest absolute Gasteiger partial charge is 0.152 e. The van der Waals surface area contributed by atoms with Gasteiger partial charge in [0.15, 0.2) is 6.29 Å². The lowest BCUT2D eigenvalue weighted by Crippen LogP contribution is -2.00. The quantitative estimate of drug-likeness (QED) is 0.564. The molecule has 3 nitrogen and oxygen atoms in total. The first-order valence-electron chi connectivity index (χ1n) is 8.49. The van der Waals surface area contributed by atoms with Crippen molar-refractivity contribution in [3.8, 4) is 5.75 Å². The highest BCUT2D eigenvalue weighted by atomic mass is 16.5. The number of nitrogens with zero attached hydrogens (tertiary/aromatic N) is 1. The zero-order chi connectivity index (χ0) is 16.9. The number of aromatic nitrogens is 1. The van der Waals surface area contributed by atoms with E-state index in [0.29, 0.717) is 6.61 Å². The van der Waals surface area contributed by atoms with Gasteiger partial charge in [0, 0.05) is 28.7 Å². The Morgan fingerprint density at radius 1 is 1.12 bits per heavy atom. The van der Waals surface area contributed by atoms with Crippen molar-refractivity contribution in [3.05, 3.63) is 65.4 Å². The average molecular weight is 321 g/mol. The first kappa shape index (κ1) is 16.3. The van der Waals surface area contributed by atoms with Gasteiger partial charge in [-0.3, -0.25) is 4.79 Å². The van der Waals surface area contributed by atoms with Gasteiger partial charge in [-0.25, -0.2) is 0 Å². The molecule has 0 atom stereocenters. The van der Waals surface area contributed by atoms with Gasteiger partial charge < -0.3 is 9.30 Å². The van der Waals surface area contributed by atoms with Gasteiger partial charge in [0.05, 0.1) is 0 Å². The van der Waals surface area contributed by atoms with Gasteiger partial charge in [-0.2, -0.15) is 0 Å². The first-order chi connectivity index (χ1) is 11.7. The number of carbonyl (C=O) groups is 1. The first-order valence-corrected chi connectivity index (χ1v) is 8.49. The van der Waals surface area contributed by atoms with E-state index in [4.69, 9.17) is 4.74 Å². The Hall–Kier alpha value is -2.55. The van der Waals surface area contributed by atoms with Gasteiger partial charge in [-0.05, 0) is 37.1 Å². The molecule has 0 aliphatic heterocycles. The maximum absolute atomic E-state index is 11.6. The molecule has 3 aromatic rings. The second kappa shape index (κ2) is 7.35. The largest absolute Gasteiger partial charge is 0.489 e. The standard InChI is InChI=1S/C21H23NO2/c1-3-4-12-22-16(2)20(14-23)19-13-18(10-11-21(19)22)24-15-17-8-6-5-7-9-17/h5-11,13-14H,3-4,12,15H2,1-2H3.